The zero-order valence-electron chi connectivity index (χ0n) is 12.2. The van der Waals surface area contributed by atoms with Gasteiger partial charge in [0, 0.05) is 39.6 Å². The van der Waals surface area contributed by atoms with Crippen LogP contribution in [0.25, 0.3) is 16.0 Å². The maximum absolute atomic E-state index is 12.4. The average Bonchev–Trinajstić information content (AvgIpc) is 3.04. The Balaban J connectivity index is 1.89. The molecule has 120 valence electrons. The molecule has 0 bridgehead atoms. The highest BCUT2D eigenvalue weighted by Gasteiger charge is 2.28. The topological polar surface area (TPSA) is 59.1 Å². The third kappa shape index (κ3) is 2.62. The number of sulfonamides is 1. The monoisotopic (exact) mass is 374 g/mol. The second-order valence-corrected chi connectivity index (χ2v) is 8.63. The molecular weight excluding hydrogens is 364 g/mol. The summed E-state index contributed by atoms with van der Waals surface area (Å²) in [6, 6.07) is 13.0. The van der Waals surface area contributed by atoms with Crippen LogP contribution in [0.4, 0.5) is 0 Å². The van der Waals surface area contributed by atoms with Crippen molar-refractivity contribution in [2.45, 2.75) is 4.21 Å². The number of nitrogens with zero attached hydrogens (tertiary/aromatic N) is 1. The van der Waals surface area contributed by atoms with Crippen molar-refractivity contribution in [1.82, 2.24) is 9.71 Å². The largest absolute Gasteiger partial charge is 0.285 e. The van der Waals surface area contributed by atoms with Crippen LogP contribution in [0.1, 0.15) is 11.1 Å². The van der Waals surface area contributed by atoms with E-state index in [2.05, 4.69) is 9.71 Å². The molecule has 1 aromatic carbocycles. The molecule has 0 amide bonds. The number of halogens is 1. The number of rotatable bonds is 2. The molecule has 0 saturated heterocycles. The number of pyridine rings is 1. The van der Waals surface area contributed by atoms with E-state index in [-0.39, 0.29) is 0 Å². The Morgan fingerprint density at radius 3 is 2.42 bits per heavy atom. The number of thiophene rings is 1. The summed E-state index contributed by atoms with van der Waals surface area (Å²) >= 11 is 7.20. The van der Waals surface area contributed by atoms with Gasteiger partial charge in [-0.15, -0.1) is 11.3 Å². The first-order chi connectivity index (χ1) is 11.5. The van der Waals surface area contributed by atoms with Crippen LogP contribution >= 0.6 is 22.9 Å². The van der Waals surface area contributed by atoms with Crippen molar-refractivity contribution in [2.75, 3.05) is 0 Å². The van der Waals surface area contributed by atoms with Gasteiger partial charge in [0.15, 0.2) is 0 Å². The molecule has 3 heterocycles. The van der Waals surface area contributed by atoms with Gasteiger partial charge < -0.3 is 0 Å². The van der Waals surface area contributed by atoms with Crippen molar-refractivity contribution in [1.29, 1.82) is 0 Å². The first-order valence-electron chi connectivity index (χ1n) is 7.08. The van der Waals surface area contributed by atoms with E-state index in [4.69, 9.17) is 11.6 Å². The Labute approximate surface area is 148 Å². The van der Waals surface area contributed by atoms with Crippen LogP contribution in [0.5, 0.6) is 0 Å². The molecule has 0 unspecified atom stereocenters. The number of hydrogen-bond donors (Lipinski definition) is 1. The minimum absolute atomic E-state index is 0.321. The van der Waals surface area contributed by atoms with Gasteiger partial charge in [-0.3, -0.25) is 9.71 Å². The van der Waals surface area contributed by atoms with Crippen molar-refractivity contribution in [2.24, 2.45) is 0 Å². The number of hydrogen-bond acceptors (Lipinski definition) is 4. The molecule has 3 aromatic rings. The van der Waals surface area contributed by atoms with Gasteiger partial charge in [0.2, 0.25) is 0 Å². The van der Waals surface area contributed by atoms with Gasteiger partial charge in [0.1, 0.15) is 4.21 Å². The second kappa shape index (κ2) is 5.73. The van der Waals surface area contributed by atoms with Crippen LogP contribution in [0.2, 0.25) is 5.02 Å². The third-order valence-corrected chi connectivity index (χ3v) is 6.99. The van der Waals surface area contributed by atoms with Crippen molar-refractivity contribution >= 4 is 38.5 Å². The third-order valence-electron chi connectivity index (χ3n) is 3.71. The van der Waals surface area contributed by atoms with Crippen LogP contribution < -0.4 is 4.72 Å². The average molecular weight is 375 g/mol. The zero-order valence-corrected chi connectivity index (χ0v) is 14.6. The van der Waals surface area contributed by atoms with E-state index in [0.29, 0.717) is 14.8 Å². The lowest BCUT2D eigenvalue weighted by Gasteiger charge is -2.15. The number of fused-ring (bicyclic) bond motifs is 1. The van der Waals surface area contributed by atoms with Gasteiger partial charge in [-0.2, -0.15) is 0 Å². The molecule has 0 aliphatic carbocycles. The number of nitrogens with one attached hydrogen (secondary N) is 1. The van der Waals surface area contributed by atoms with E-state index in [0.717, 1.165) is 21.6 Å². The van der Waals surface area contributed by atoms with Crippen molar-refractivity contribution in [3.8, 4) is 10.4 Å². The summed E-state index contributed by atoms with van der Waals surface area (Å²) < 4.78 is 27.6. The highest BCUT2D eigenvalue weighted by atomic mass is 35.5. The van der Waals surface area contributed by atoms with E-state index in [9.17, 15) is 8.42 Å². The fourth-order valence-electron chi connectivity index (χ4n) is 2.56. The smallest absolute Gasteiger partial charge is 0.271 e. The maximum Gasteiger partial charge on any atom is 0.271 e. The van der Waals surface area contributed by atoms with Crippen LogP contribution in [0.15, 0.2) is 65.3 Å². The summed E-state index contributed by atoms with van der Waals surface area (Å²) in [5, 5.41) is 0.638. The van der Waals surface area contributed by atoms with Gasteiger partial charge in [-0.1, -0.05) is 23.7 Å². The number of benzene rings is 1. The molecule has 0 spiro atoms. The summed E-state index contributed by atoms with van der Waals surface area (Å²) in [5.74, 6) is 0. The predicted molar refractivity (Wildman–Crippen MR) is 96.4 cm³/mol. The Morgan fingerprint density at radius 1 is 1.00 bits per heavy atom. The first-order valence-corrected chi connectivity index (χ1v) is 9.75. The molecule has 1 aliphatic heterocycles. The lowest BCUT2D eigenvalue weighted by molar-refractivity contribution is 0.591. The van der Waals surface area contributed by atoms with Crippen molar-refractivity contribution in [3.63, 3.8) is 0 Å². The van der Waals surface area contributed by atoms with Crippen molar-refractivity contribution in [3.05, 3.63) is 77.2 Å². The Morgan fingerprint density at radius 2 is 1.71 bits per heavy atom. The number of aromatic nitrogens is 1. The predicted octanol–water partition coefficient (Wildman–Crippen LogP) is 4.14. The molecule has 2 aromatic heterocycles. The van der Waals surface area contributed by atoms with Gasteiger partial charge in [-0.25, -0.2) is 8.42 Å². The van der Waals surface area contributed by atoms with Crippen LogP contribution in [0, 0.1) is 0 Å². The maximum atomic E-state index is 12.4. The summed E-state index contributed by atoms with van der Waals surface area (Å²) in [7, 11) is -3.53. The Bertz CT molecular complexity index is 1040. The fraction of sp³-hybridized carbons (Fsp3) is 0. The van der Waals surface area contributed by atoms with Gasteiger partial charge in [-0.05, 0) is 41.5 Å². The molecule has 7 heteroatoms. The highest BCUT2D eigenvalue weighted by Crippen LogP contribution is 2.41. The minimum atomic E-state index is -3.53. The van der Waals surface area contributed by atoms with E-state index in [1.807, 2.05) is 30.3 Å². The van der Waals surface area contributed by atoms with Gasteiger partial charge in [0.05, 0.1) is 0 Å². The first kappa shape index (κ1) is 15.4. The Hall–Kier alpha value is -2.15. The molecule has 24 heavy (non-hydrogen) atoms. The normalized spacial score (nSPS) is 15.3. The Kier molecular flexibility index (Phi) is 3.68. The highest BCUT2D eigenvalue weighted by molar-refractivity contribution is 7.92. The van der Waals surface area contributed by atoms with Crippen molar-refractivity contribution < 1.29 is 8.42 Å². The lowest BCUT2D eigenvalue weighted by Crippen LogP contribution is -2.22. The molecule has 1 N–H and O–H groups in total. The van der Waals surface area contributed by atoms with E-state index < -0.39 is 10.0 Å². The summed E-state index contributed by atoms with van der Waals surface area (Å²) in [6.45, 7) is 0. The van der Waals surface area contributed by atoms with E-state index in [1.165, 1.54) is 17.5 Å². The molecule has 0 fully saturated rings. The fourth-order valence-corrected chi connectivity index (χ4v) is 5.28. The molecule has 4 rings (SSSR count). The molecule has 0 saturated carbocycles. The quantitative estimate of drug-likeness (QED) is 0.733. The molecule has 0 radical (unpaired) electrons. The molecular formula is C17H11ClN2O2S2. The van der Waals surface area contributed by atoms with E-state index >= 15 is 0 Å². The van der Waals surface area contributed by atoms with Gasteiger partial charge >= 0.3 is 0 Å². The van der Waals surface area contributed by atoms with Crippen LogP contribution in [-0.4, -0.2) is 13.4 Å². The second-order valence-electron chi connectivity index (χ2n) is 5.23. The lowest BCUT2D eigenvalue weighted by atomic mass is 10.0. The molecule has 0 atom stereocenters. The summed E-state index contributed by atoms with van der Waals surface area (Å²) in [6.07, 6.45) is 4.91. The van der Waals surface area contributed by atoms with Crippen LogP contribution in [0.3, 0.4) is 0 Å². The summed E-state index contributed by atoms with van der Waals surface area (Å²) in [5.41, 5.74) is 3.37. The summed E-state index contributed by atoms with van der Waals surface area (Å²) in [4.78, 5) is 4.89. The SMILES string of the molecule is O=S1(=O)NC=C(c2ccc(Cl)cc2)c2cc(-c3ccncc3)sc21. The van der Waals surface area contributed by atoms with Gasteiger partial charge in [0.25, 0.3) is 10.0 Å². The molecule has 1 aliphatic rings. The standard InChI is InChI=1S/C17H11ClN2O2S2/c18-13-3-1-11(2-4-13)15-10-20-24(21,22)17-14(15)9-16(23-17)12-5-7-19-8-6-12/h1-10,20H. The van der Waals surface area contributed by atoms with Crippen LogP contribution in [-0.2, 0) is 10.0 Å². The molecule has 4 nitrogen and oxygen atoms in total. The minimum Gasteiger partial charge on any atom is -0.285 e. The zero-order chi connectivity index (χ0) is 16.7. The van der Waals surface area contributed by atoms with E-state index in [1.54, 1.807) is 24.5 Å².